The third kappa shape index (κ3) is 2.74. The second-order valence-corrected chi connectivity index (χ2v) is 3.59. The van der Waals surface area contributed by atoms with Gasteiger partial charge in [-0.1, -0.05) is 0 Å². The molecule has 1 rings (SSSR count). The van der Waals surface area contributed by atoms with E-state index in [1.807, 2.05) is 0 Å². The molecule has 0 aliphatic rings. The minimum atomic E-state index is -4.50. The number of halogens is 3. The molecule has 4 nitrogen and oxygen atoms in total. The number of hydrogen-bond acceptors (Lipinski definition) is 2. The normalized spacial score (nSPS) is 13.8. The molecule has 0 aliphatic heterocycles. The van der Waals surface area contributed by atoms with Gasteiger partial charge in [0.25, 0.3) is 0 Å². The summed E-state index contributed by atoms with van der Waals surface area (Å²) in [5, 5.41) is 11.9. The maximum Gasteiger partial charge on any atom is 0.435 e. The predicted octanol–water partition coefficient (Wildman–Crippen LogP) is 2.25. The molecule has 1 aromatic heterocycles. The van der Waals surface area contributed by atoms with Gasteiger partial charge in [0.05, 0.1) is 12.5 Å². The average molecular weight is 236 g/mol. The number of carboxylic acid groups (broad SMARTS) is 1. The summed E-state index contributed by atoms with van der Waals surface area (Å²) in [5.74, 6) is -1.07. The molecule has 90 valence electrons. The fourth-order valence-electron chi connectivity index (χ4n) is 1.34. The molecule has 0 spiro atoms. The number of aliphatic carboxylic acids is 1. The highest BCUT2D eigenvalue weighted by Crippen LogP contribution is 2.31. The van der Waals surface area contributed by atoms with Gasteiger partial charge in [0.1, 0.15) is 0 Å². The topological polar surface area (TPSA) is 55.1 Å². The molecule has 1 atom stereocenters. The van der Waals surface area contributed by atoms with Gasteiger partial charge < -0.3 is 5.11 Å². The van der Waals surface area contributed by atoms with E-state index in [0.717, 1.165) is 4.68 Å². The molecule has 0 aromatic carbocycles. The monoisotopic (exact) mass is 236 g/mol. The first-order valence-electron chi connectivity index (χ1n) is 4.56. The van der Waals surface area contributed by atoms with E-state index < -0.39 is 23.9 Å². The fourth-order valence-corrected chi connectivity index (χ4v) is 1.34. The van der Waals surface area contributed by atoms with Gasteiger partial charge in [-0.05, 0) is 19.4 Å². The molecule has 0 radical (unpaired) electrons. The van der Waals surface area contributed by atoms with Gasteiger partial charge in [-0.25, -0.2) is 0 Å². The van der Waals surface area contributed by atoms with Crippen molar-refractivity contribution in [3.05, 3.63) is 17.5 Å². The predicted molar refractivity (Wildman–Crippen MR) is 48.9 cm³/mol. The van der Waals surface area contributed by atoms with Crippen LogP contribution in [-0.4, -0.2) is 20.9 Å². The number of nitrogens with zero attached hydrogens (tertiary/aromatic N) is 2. The number of alkyl halides is 3. The molecule has 0 bridgehead atoms. The van der Waals surface area contributed by atoms with E-state index in [9.17, 15) is 18.0 Å². The summed E-state index contributed by atoms with van der Waals surface area (Å²) in [6.07, 6.45) is -3.56. The Morgan fingerprint density at radius 3 is 2.56 bits per heavy atom. The highest BCUT2D eigenvalue weighted by atomic mass is 19.4. The van der Waals surface area contributed by atoms with E-state index in [4.69, 9.17) is 5.11 Å². The molecule has 1 N–H and O–H groups in total. The minimum absolute atomic E-state index is 0.00950. The highest BCUT2D eigenvalue weighted by Gasteiger charge is 2.36. The molecule has 0 unspecified atom stereocenters. The van der Waals surface area contributed by atoms with Crippen LogP contribution in [0.3, 0.4) is 0 Å². The number of hydrogen-bond donors (Lipinski definition) is 1. The Balaban J connectivity index is 2.97. The number of carboxylic acids is 1. The standard InChI is InChI=1S/C9H11F3N2O2/c1-5-4-14(6(2)3-7(15)16)13-8(5)9(10,11)12/h4,6H,3H2,1-2H3,(H,15,16)/t6-/m0/s1. The first-order valence-corrected chi connectivity index (χ1v) is 4.56. The summed E-state index contributed by atoms with van der Waals surface area (Å²) in [5.41, 5.74) is -0.977. The lowest BCUT2D eigenvalue weighted by atomic mass is 10.2. The van der Waals surface area contributed by atoms with Crippen molar-refractivity contribution < 1.29 is 23.1 Å². The van der Waals surface area contributed by atoms with Crippen molar-refractivity contribution in [2.75, 3.05) is 0 Å². The number of aryl methyl sites for hydroxylation is 1. The molecule has 7 heteroatoms. The van der Waals surface area contributed by atoms with Crippen LogP contribution in [0.25, 0.3) is 0 Å². The smallest absolute Gasteiger partial charge is 0.435 e. The van der Waals surface area contributed by atoms with E-state index in [1.165, 1.54) is 20.0 Å². The van der Waals surface area contributed by atoms with Gasteiger partial charge in [0.2, 0.25) is 0 Å². The lowest BCUT2D eigenvalue weighted by molar-refractivity contribution is -0.142. The van der Waals surface area contributed by atoms with Crippen LogP contribution in [0.5, 0.6) is 0 Å². The molecule has 0 saturated carbocycles. The van der Waals surface area contributed by atoms with Crippen molar-refractivity contribution in [3.8, 4) is 0 Å². The summed E-state index contributed by atoms with van der Waals surface area (Å²) in [4.78, 5) is 10.4. The minimum Gasteiger partial charge on any atom is -0.481 e. The highest BCUT2D eigenvalue weighted by molar-refractivity contribution is 5.67. The maximum atomic E-state index is 12.4. The lowest BCUT2D eigenvalue weighted by Gasteiger charge is -2.09. The summed E-state index contributed by atoms with van der Waals surface area (Å²) in [6, 6.07) is -0.604. The van der Waals surface area contributed by atoms with Crippen molar-refractivity contribution in [2.45, 2.75) is 32.5 Å². The summed E-state index contributed by atoms with van der Waals surface area (Å²) in [7, 11) is 0. The third-order valence-corrected chi connectivity index (χ3v) is 2.11. The van der Waals surface area contributed by atoms with Crippen molar-refractivity contribution in [1.29, 1.82) is 0 Å². The van der Waals surface area contributed by atoms with E-state index in [-0.39, 0.29) is 12.0 Å². The Hall–Kier alpha value is -1.53. The van der Waals surface area contributed by atoms with E-state index in [2.05, 4.69) is 5.10 Å². The van der Waals surface area contributed by atoms with E-state index in [0.29, 0.717) is 0 Å². The SMILES string of the molecule is Cc1cn([C@@H](C)CC(=O)O)nc1C(F)(F)F. The molecular weight excluding hydrogens is 225 g/mol. The molecule has 0 amide bonds. The van der Waals surface area contributed by atoms with Crippen molar-refractivity contribution in [2.24, 2.45) is 0 Å². The second-order valence-electron chi connectivity index (χ2n) is 3.59. The first-order chi connectivity index (χ1) is 7.21. The van der Waals surface area contributed by atoms with Crippen LogP contribution >= 0.6 is 0 Å². The Bertz CT molecular complexity index is 398. The lowest BCUT2D eigenvalue weighted by Crippen LogP contribution is -2.13. The second kappa shape index (κ2) is 4.15. The summed E-state index contributed by atoms with van der Waals surface area (Å²) < 4.78 is 38.2. The number of rotatable bonds is 3. The maximum absolute atomic E-state index is 12.4. The number of carbonyl (C=O) groups is 1. The first kappa shape index (κ1) is 12.5. The van der Waals surface area contributed by atoms with Crippen LogP contribution in [0.1, 0.15) is 30.6 Å². The van der Waals surface area contributed by atoms with Crippen LogP contribution < -0.4 is 0 Å². The summed E-state index contributed by atoms with van der Waals surface area (Å²) >= 11 is 0. The van der Waals surface area contributed by atoms with E-state index in [1.54, 1.807) is 0 Å². The Morgan fingerprint density at radius 2 is 2.19 bits per heavy atom. The van der Waals surface area contributed by atoms with Crippen molar-refractivity contribution in [1.82, 2.24) is 9.78 Å². The molecule has 0 saturated heterocycles. The molecule has 0 aliphatic carbocycles. The third-order valence-electron chi connectivity index (χ3n) is 2.11. The Labute approximate surface area is 89.7 Å². The van der Waals surface area contributed by atoms with Gasteiger partial charge in [-0.2, -0.15) is 18.3 Å². The van der Waals surface area contributed by atoms with Gasteiger partial charge in [-0.3, -0.25) is 9.48 Å². The van der Waals surface area contributed by atoms with Crippen LogP contribution in [0.2, 0.25) is 0 Å². The van der Waals surface area contributed by atoms with Crippen molar-refractivity contribution in [3.63, 3.8) is 0 Å². The molecular formula is C9H11F3N2O2. The zero-order chi connectivity index (χ0) is 12.5. The largest absolute Gasteiger partial charge is 0.481 e. The molecule has 0 fully saturated rings. The van der Waals surface area contributed by atoms with Crippen LogP contribution in [0.15, 0.2) is 6.20 Å². The number of aromatic nitrogens is 2. The quantitative estimate of drug-likeness (QED) is 0.875. The molecule has 1 heterocycles. The van der Waals surface area contributed by atoms with Gasteiger partial charge in [0.15, 0.2) is 5.69 Å². The van der Waals surface area contributed by atoms with Crippen LogP contribution in [0, 0.1) is 6.92 Å². The summed E-state index contributed by atoms with van der Waals surface area (Å²) in [6.45, 7) is 2.79. The zero-order valence-corrected chi connectivity index (χ0v) is 8.75. The Morgan fingerprint density at radius 1 is 1.62 bits per heavy atom. The van der Waals surface area contributed by atoms with Gasteiger partial charge >= 0.3 is 12.1 Å². The molecule has 1 aromatic rings. The van der Waals surface area contributed by atoms with E-state index >= 15 is 0 Å². The van der Waals surface area contributed by atoms with Gasteiger partial charge in [0, 0.05) is 6.20 Å². The van der Waals surface area contributed by atoms with Crippen molar-refractivity contribution >= 4 is 5.97 Å². The zero-order valence-electron chi connectivity index (χ0n) is 8.75. The average Bonchev–Trinajstić information content (AvgIpc) is 2.44. The van der Waals surface area contributed by atoms with Crippen LogP contribution in [0.4, 0.5) is 13.2 Å². The van der Waals surface area contributed by atoms with Gasteiger partial charge in [-0.15, -0.1) is 0 Å². The fraction of sp³-hybridized carbons (Fsp3) is 0.556. The van der Waals surface area contributed by atoms with Crippen LogP contribution in [-0.2, 0) is 11.0 Å². The Kier molecular flexibility index (Phi) is 3.25. The molecule has 16 heavy (non-hydrogen) atoms.